The number of carboxylic acids is 1. The number of hydrogen-bond donors (Lipinski definition) is 3. The Morgan fingerprint density at radius 1 is 1.65 bits per heavy atom. The number of hydrogen-bond acceptors (Lipinski definition) is 5. The van der Waals surface area contributed by atoms with E-state index in [0.29, 0.717) is 5.13 Å². The van der Waals surface area contributed by atoms with Crippen molar-refractivity contribution in [1.29, 1.82) is 0 Å². The number of carbonyl (C=O) groups excluding carboxylic acids is 1. The van der Waals surface area contributed by atoms with Crippen LogP contribution in [0.2, 0.25) is 0 Å². The van der Waals surface area contributed by atoms with Gasteiger partial charge in [-0.3, -0.25) is 9.59 Å². The second-order valence-electron chi connectivity index (χ2n) is 4.09. The zero-order valence-corrected chi connectivity index (χ0v) is 9.87. The Labute approximate surface area is 102 Å². The van der Waals surface area contributed by atoms with Crippen LogP contribution in [0.4, 0.5) is 5.13 Å². The fourth-order valence-corrected chi connectivity index (χ4v) is 2.20. The van der Waals surface area contributed by atoms with Gasteiger partial charge in [-0.1, -0.05) is 0 Å². The highest BCUT2D eigenvalue weighted by Gasteiger charge is 2.34. The van der Waals surface area contributed by atoms with Crippen LogP contribution in [0.15, 0.2) is 5.38 Å². The van der Waals surface area contributed by atoms with Crippen molar-refractivity contribution >= 4 is 28.3 Å². The van der Waals surface area contributed by atoms with E-state index in [2.05, 4.69) is 10.3 Å². The third-order valence-electron chi connectivity index (χ3n) is 2.66. The highest BCUT2D eigenvalue weighted by Crippen LogP contribution is 2.34. The molecule has 1 aromatic heterocycles. The zero-order valence-electron chi connectivity index (χ0n) is 9.05. The number of nitrogens with one attached hydrogen (secondary N) is 1. The van der Waals surface area contributed by atoms with E-state index in [0.717, 1.165) is 12.8 Å². The van der Waals surface area contributed by atoms with Crippen molar-refractivity contribution in [3.63, 3.8) is 0 Å². The summed E-state index contributed by atoms with van der Waals surface area (Å²) in [5.41, 5.74) is 5.69. The Morgan fingerprint density at radius 3 is 2.82 bits per heavy atom. The summed E-state index contributed by atoms with van der Waals surface area (Å²) < 4.78 is 0. The van der Waals surface area contributed by atoms with Gasteiger partial charge in [0.25, 0.3) is 5.91 Å². The van der Waals surface area contributed by atoms with Gasteiger partial charge in [-0.15, -0.1) is 11.3 Å². The van der Waals surface area contributed by atoms with E-state index in [1.54, 1.807) is 5.38 Å². The number of nitrogens with two attached hydrogens (primary N) is 1. The largest absolute Gasteiger partial charge is 0.481 e. The van der Waals surface area contributed by atoms with Gasteiger partial charge in [0.15, 0.2) is 5.13 Å². The third kappa shape index (κ3) is 3.16. The molecule has 1 saturated carbocycles. The summed E-state index contributed by atoms with van der Waals surface area (Å²) in [5, 5.41) is 13.4. The lowest BCUT2D eigenvalue weighted by molar-refractivity contribution is -0.137. The molecule has 1 atom stereocenters. The topological polar surface area (TPSA) is 105 Å². The summed E-state index contributed by atoms with van der Waals surface area (Å²) in [7, 11) is 0. The normalized spacial score (nSPS) is 16.5. The predicted octanol–water partition coefficient (Wildman–Crippen LogP) is 0.708. The smallest absolute Gasteiger partial charge is 0.305 e. The lowest BCUT2D eigenvalue weighted by Crippen LogP contribution is -2.38. The van der Waals surface area contributed by atoms with E-state index < -0.39 is 5.97 Å². The molecule has 7 heteroatoms. The number of nitrogens with zero attached hydrogens (tertiary/aromatic N) is 1. The minimum Gasteiger partial charge on any atom is -0.481 e. The van der Waals surface area contributed by atoms with Crippen LogP contribution in [-0.2, 0) is 4.79 Å². The van der Waals surface area contributed by atoms with Crippen LogP contribution in [0.1, 0.15) is 29.8 Å². The molecule has 1 heterocycles. The summed E-state index contributed by atoms with van der Waals surface area (Å²) in [6, 6.07) is -0.303. The first-order valence-corrected chi connectivity index (χ1v) is 6.18. The van der Waals surface area contributed by atoms with Gasteiger partial charge in [-0.2, -0.15) is 0 Å². The molecule has 1 aliphatic rings. The van der Waals surface area contributed by atoms with Crippen molar-refractivity contribution in [2.75, 3.05) is 5.73 Å². The maximum Gasteiger partial charge on any atom is 0.305 e. The molecule has 0 saturated heterocycles. The van der Waals surface area contributed by atoms with Crippen LogP contribution in [0.5, 0.6) is 0 Å². The third-order valence-corrected chi connectivity index (χ3v) is 3.33. The van der Waals surface area contributed by atoms with Crippen molar-refractivity contribution in [1.82, 2.24) is 10.3 Å². The van der Waals surface area contributed by atoms with Gasteiger partial charge in [0.05, 0.1) is 6.42 Å². The summed E-state index contributed by atoms with van der Waals surface area (Å²) in [4.78, 5) is 26.3. The van der Waals surface area contributed by atoms with Crippen LogP contribution >= 0.6 is 11.3 Å². The Balaban J connectivity index is 1.97. The van der Waals surface area contributed by atoms with E-state index in [1.165, 1.54) is 11.3 Å². The average Bonchev–Trinajstić information content (AvgIpc) is 2.99. The number of thiazole rings is 1. The maximum absolute atomic E-state index is 11.8. The molecule has 0 bridgehead atoms. The predicted molar refractivity (Wildman–Crippen MR) is 62.8 cm³/mol. The van der Waals surface area contributed by atoms with Crippen LogP contribution in [-0.4, -0.2) is 28.0 Å². The van der Waals surface area contributed by atoms with Crippen molar-refractivity contribution in [2.45, 2.75) is 25.3 Å². The molecule has 17 heavy (non-hydrogen) atoms. The number of aliphatic carboxylic acids is 1. The number of carbonyl (C=O) groups is 2. The summed E-state index contributed by atoms with van der Waals surface area (Å²) in [5.74, 6) is -0.970. The van der Waals surface area contributed by atoms with Crippen LogP contribution in [0.25, 0.3) is 0 Å². The van der Waals surface area contributed by atoms with E-state index in [9.17, 15) is 9.59 Å². The Kier molecular flexibility index (Phi) is 3.28. The van der Waals surface area contributed by atoms with Gasteiger partial charge in [-0.05, 0) is 18.8 Å². The maximum atomic E-state index is 11.8. The second kappa shape index (κ2) is 4.70. The molecule has 92 valence electrons. The molecule has 0 aliphatic heterocycles. The van der Waals surface area contributed by atoms with E-state index in [1.807, 2.05) is 0 Å². The van der Waals surface area contributed by atoms with E-state index >= 15 is 0 Å². The molecule has 1 aromatic rings. The molecule has 1 aliphatic carbocycles. The lowest BCUT2D eigenvalue weighted by atomic mass is 10.1. The highest BCUT2D eigenvalue weighted by molar-refractivity contribution is 7.13. The SMILES string of the molecule is Nc1nc(C(=O)NC(CC(=O)O)C2CC2)cs1. The van der Waals surface area contributed by atoms with Crippen LogP contribution in [0, 0.1) is 5.92 Å². The molecule has 1 unspecified atom stereocenters. The standard InChI is InChI=1S/C10H13N3O3S/c11-10-13-7(4-17-10)9(16)12-6(3-8(14)15)5-1-2-5/h4-6H,1-3H2,(H2,11,13)(H,12,16)(H,14,15). The van der Waals surface area contributed by atoms with Gasteiger partial charge >= 0.3 is 5.97 Å². The fraction of sp³-hybridized carbons (Fsp3) is 0.500. The minimum atomic E-state index is -0.903. The average molecular weight is 255 g/mol. The van der Waals surface area contributed by atoms with Gasteiger partial charge in [0.1, 0.15) is 5.69 Å². The number of amides is 1. The van der Waals surface area contributed by atoms with Crippen LogP contribution in [0.3, 0.4) is 0 Å². The minimum absolute atomic E-state index is 0.0456. The van der Waals surface area contributed by atoms with E-state index in [-0.39, 0.29) is 30.0 Å². The molecule has 1 amide bonds. The quantitative estimate of drug-likeness (QED) is 0.718. The molecule has 0 aromatic carbocycles. The number of nitrogen functional groups attached to an aromatic ring is 1. The number of aromatic nitrogens is 1. The van der Waals surface area contributed by atoms with E-state index in [4.69, 9.17) is 10.8 Å². The van der Waals surface area contributed by atoms with Gasteiger partial charge in [-0.25, -0.2) is 4.98 Å². The summed E-state index contributed by atoms with van der Waals surface area (Å²) in [6.45, 7) is 0. The number of anilines is 1. The zero-order chi connectivity index (χ0) is 12.4. The van der Waals surface area contributed by atoms with Gasteiger partial charge in [0.2, 0.25) is 0 Å². The first kappa shape index (κ1) is 11.8. The van der Waals surface area contributed by atoms with Gasteiger partial charge in [0, 0.05) is 11.4 Å². The molecule has 0 spiro atoms. The monoisotopic (exact) mass is 255 g/mol. The highest BCUT2D eigenvalue weighted by atomic mass is 32.1. The van der Waals surface area contributed by atoms with Gasteiger partial charge < -0.3 is 16.2 Å². The Bertz CT molecular complexity index is 442. The first-order chi connectivity index (χ1) is 8.06. The van der Waals surface area contributed by atoms with Crippen LogP contribution < -0.4 is 11.1 Å². The van der Waals surface area contributed by atoms with Crippen molar-refractivity contribution in [3.05, 3.63) is 11.1 Å². The Hall–Kier alpha value is -1.63. The number of carboxylic acid groups (broad SMARTS) is 1. The molecule has 0 radical (unpaired) electrons. The first-order valence-electron chi connectivity index (χ1n) is 5.30. The molecular formula is C10H13N3O3S. The molecule has 1 fully saturated rings. The second-order valence-corrected chi connectivity index (χ2v) is 4.98. The summed E-state index contributed by atoms with van der Waals surface area (Å²) in [6.07, 6.45) is 1.89. The summed E-state index contributed by atoms with van der Waals surface area (Å²) >= 11 is 1.19. The van der Waals surface area contributed by atoms with Crippen molar-refractivity contribution in [2.24, 2.45) is 5.92 Å². The molecule has 2 rings (SSSR count). The van der Waals surface area contributed by atoms with Crippen molar-refractivity contribution < 1.29 is 14.7 Å². The molecular weight excluding hydrogens is 242 g/mol. The Morgan fingerprint density at radius 2 is 2.35 bits per heavy atom. The van der Waals surface area contributed by atoms with Crippen molar-refractivity contribution in [3.8, 4) is 0 Å². The lowest BCUT2D eigenvalue weighted by Gasteiger charge is -2.15. The fourth-order valence-electron chi connectivity index (χ4n) is 1.66. The molecule has 6 nitrogen and oxygen atoms in total. The number of rotatable bonds is 5. The molecule has 4 N–H and O–H groups in total.